The van der Waals surface area contributed by atoms with Gasteiger partial charge in [-0.2, -0.15) is 0 Å². The van der Waals surface area contributed by atoms with E-state index in [4.69, 9.17) is 0 Å². The minimum atomic E-state index is -0.595. The van der Waals surface area contributed by atoms with Gasteiger partial charge in [-0.15, -0.1) is 0 Å². The number of hydrogen-bond donors (Lipinski definition) is 2. The summed E-state index contributed by atoms with van der Waals surface area (Å²) < 4.78 is 0. The second-order valence-corrected chi connectivity index (χ2v) is 3.64. The number of H-pyrrole nitrogens is 1. The van der Waals surface area contributed by atoms with E-state index in [9.17, 15) is 14.9 Å². The van der Waals surface area contributed by atoms with Crippen molar-refractivity contribution < 1.29 is 9.72 Å². The number of aromatic nitrogens is 2. The molecular weight excluding hydrogens is 236 g/mol. The zero-order valence-corrected chi connectivity index (χ0v) is 9.51. The number of nitro groups is 1. The zero-order valence-electron chi connectivity index (χ0n) is 9.51. The number of carbonyl (C=O) groups is 1. The van der Waals surface area contributed by atoms with Crippen LogP contribution in [0.3, 0.4) is 0 Å². The molecule has 2 N–H and O–H groups in total. The van der Waals surface area contributed by atoms with E-state index in [1.807, 2.05) is 0 Å². The molecule has 0 atom stereocenters. The quantitative estimate of drug-likeness (QED) is 0.637. The van der Waals surface area contributed by atoms with Crippen LogP contribution in [0.5, 0.6) is 0 Å². The Morgan fingerprint density at radius 3 is 2.78 bits per heavy atom. The molecule has 7 nitrogen and oxygen atoms in total. The summed E-state index contributed by atoms with van der Waals surface area (Å²) in [5, 5.41) is 13.2. The van der Waals surface area contributed by atoms with E-state index in [0.717, 1.165) is 5.69 Å². The van der Waals surface area contributed by atoms with E-state index >= 15 is 0 Å². The molecule has 0 fully saturated rings. The summed E-state index contributed by atoms with van der Waals surface area (Å²) in [7, 11) is 0. The van der Waals surface area contributed by atoms with E-state index < -0.39 is 10.8 Å². The van der Waals surface area contributed by atoms with E-state index in [1.165, 1.54) is 18.2 Å². The lowest BCUT2D eigenvalue weighted by molar-refractivity contribution is -0.385. The molecule has 0 unspecified atom stereocenters. The molecule has 1 aromatic heterocycles. The zero-order chi connectivity index (χ0) is 13.1. The van der Waals surface area contributed by atoms with Crippen LogP contribution in [0.4, 0.5) is 11.6 Å². The number of amides is 1. The summed E-state index contributed by atoms with van der Waals surface area (Å²) in [6, 6.07) is 5.74. The first-order valence-electron chi connectivity index (χ1n) is 5.14. The van der Waals surface area contributed by atoms with Crippen LogP contribution in [0.2, 0.25) is 0 Å². The van der Waals surface area contributed by atoms with Gasteiger partial charge in [-0.3, -0.25) is 20.2 Å². The lowest BCUT2D eigenvalue weighted by Gasteiger charge is -2.02. The standard InChI is InChI=1S/C11H10N4O3/c1-7-6-12-11(13-7)14-10(16)8-4-2-3-5-9(8)15(17)18/h2-6H,1H3,(H2,12,13,14,16). The molecule has 0 aliphatic carbocycles. The van der Waals surface area contributed by atoms with Gasteiger partial charge in [0.15, 0.2) is 0 Å². The first-order valence-corrected chi connectivity index (χ1v) is 5.14. The highest BCUT2D eigenvalue weighted by Gasteiger charge is 2.19. The lowest BCUT2D eigenvalue weighted by Crippen LogP contribution is -2.14. The number of carbonyl (C=O) groups excluding carboxylic acids is 1. The van der Waals surface area contributed by atoms with Crippen molar-refractivity contribution in [3.05, 3.63) is 51.8 Å². The third kappa shape index (κ3) is 2.34. The normalized spacial score (nSPS) is 10.1. The Bertz CT molecular complexity index is 606. The molecule has 2 aromatic rings. The van der Waals surface area contributed by atoms with Crippen molar-refractivity contribution in [2.24, 2.45) is 0 Å². The summed E-state index contributed by atoms with van der Waals surface area (Å²) in [4.78, 5) is 28.8. The predicted octanol–water partition coefficient (Wildman–Crippen LogP) is 1.88. The molecule has 7 heteroatoms. The number of nitro benzene ring substituents is 1. The Balaban J connectivity index is 2.26. The number of para-hydroxylation sites is 1. The van der Waals surface area contributed by atoms with E-state index in [1.54, 1.807) is 19.2 Å². The van der Waals surface area contributed by atoms with Crippen LogP contribution in [0.15, 0.2) is 30.5 Å². The van der Waals surface area contributed by atoms with Gasteiger partial charge < -0.3 is 4.98 Å². The van der Waals surface area contributed by atoms with Crippen molar-refractivity contribution in [1.82, 2.24) is 9.97 Å². The number of anilines is 1. The molecule has 0 saturated heterocycles. The van der Waals surface area contributed by atoms with Crippen molar-refractivity contribution >= 4 is 17.5 Å². The fourth-order valence-corrected chi connectivity index (χ4v) is 1.48. The van der Waals surface area contributed by atoms with Crippen molar-refractivity contribution in [3.8, 4) is 0 Å². The van der Waals surface area contributed by atoms with Gasteiger partial charge in [-0.25, -0.2) is 4.98 Å². The van der Waals surface area contributed by atoms with Crippen LogP contribution in [-0.2, 0) is 0 Å². The number of nitrogens with one attached hydrogen (secondary N) is 2. The Labute approximate surface area is 102 Å². The third-order valence-corrected chi connectivity index (χ3v) is 2.28. The van der Waals surface area contributed by atoms with Crippen molar-refractivity contribution in [2.45, 2.75) is 6.92 Å². The monoisotopic (exact) mass is 246 g/mol. The first kappa shape index (κ1) is 11.8. The molecule has 0 radical (unpaired) electrons. The second kappa shape index (κ2) is 4.66. The molecule has 92 valence electrons. The second-order valence-electron chi connectivity index (χ2n) is 3.64. The minimum absolute atomic E-state index is 0.00319. The number of aromatic amines is 1. The largest absolute Gasteiger partial charge is 0.328 e. The van der Waals surface area contributed by atoms with E-state index in [-0.39, 0.29) is 17.2 Å². The molecule has 0 saturated carbocycles. The van der Waals surface area contributed by atoms with Gasteiger partial charge in [-0.05, 0) is 13.0 Å². The van der Waals surface area contributed by atoms with Crippen molar-refractivity contribution in [1.29, 1.82) is 0 Å². The molecule has 0 spiro atoms. The molecule has 18 heavy (non-hydrogen) atoms. The van der Waals surface area contributed by atoms with E-state index in [2.05, 4.69) is 15.3 Å². The van der Waals surface area contributed by atoms with Crippen LogP contribution in [-0.4, -0.2) is 20.8 Å². The van der Waals surface area contributed by atoms with Crippen LogP contribution in [0, 0.1) is 17.0 Å². The fourth-order valence-electron chi connectivity index (χ4n) is 1.48. The number of imidazole rings is 1. The maximum Gasteiger partial charge on any atom is 0.282 e. The molecule has 1 heterocycles. The Kier molecular flexibility index (Phi) is 3.05. The molecule has 1 amide bonds. The smallest absolute Gasteiger partial charge is 0.282 e. The Hall–Kier alpha value is -2.70. The molecule has 1 aromatic carbocycles. The first-order chi connectivity index (χ1) is 8.58. The Morgan fingerprint density at radius 1 is 1.44 bits per heavy atom. The maximum atomic E-state index is 11.9. The van der Waals surface area contributed by atoms with Crippen LogP contribution < -0.4 is 5.32 Å². The average molecular weight is 246 g/mol. The summed E-state index contributed by atoms with van der Waals surface area (Å²) in [5.41, 5.74) is 0.544. The predicted molar refractivity (Wildman–Crippen MR) is 64.4 cm³/mol. The lowest BCUT2D eigenvalue weighted by atomic mass is 10.1. The molecule has 2 rings (SSSR count). The highest BCUT2D eigenvalue weighted by molar-refractivity contribution is 6.06. The highest BCUT2D eigenvalue weighted by atomic mass is 16.6. The number of benzene rings is 1. The van der Waals surface area contributed by atoms with Gasteiger partial charge in [0.05, 0.1) is 4.92 Å². The topological polar surface area (TPSA) is 101 Å². The van der Waals surface area contributed by atoms with Crippen LogP contribution in [0.25, 0.3) is 0 Å². The van der Waals surface area contributed by atoms with Gasteiger partial charge in [0, 0.05) is 18.0 Å². The maximum absolute atomic E-state index is 11.9. The molecular formula is C11H10N4O3. The summed E-state index contributed by atoms with van der Waals surface area (Å²) >= 11 is 0. The van der Waals surface area contributed by atoms with Gasteiger partial charge >= 0.3 is 0 Å². The summed E-state index contributed by atoms with van der Waals surface area (Å²) in [5.74, 6) is -0.313. The van der Waals surface area contributed by atoms with Gasteiger partial charge in [0.2, 0.25) is 5.95 Å². The number of aryl methyl sites for hydroxylation is 1. The van der Waals surface area contributed by atoms with Crippen molar-refractivity contribution in [2.75, 3.05) is 5.32 Å². The SMILES string of the molecule is Cc1cnc(NC(=O)c2ccccc2[N+](=O)[O-])[nH]1. The fraction of sp³-hybridized carbons (Fsp3) is 0.0909. The average Bonchev–Trinajstić information content (AvgIpc) is 2.74. The molecule has 0 bridgehead atoms. The van der Waals surface area contributed by atoms with Crippen molar-refractivity contribution in [3.63, 3.8) is 0 Å². The number of rotatable bonds is 3. The third-order valence-electron chi connectivity index (χ3n) is 2.28. The van der Waals surface area contributed by atoms with Crippen LogP contribution in [0.1, 0.15) is 16.1 Å². The highest BCUT2D eigenvalue weighted by Crippen LogP contribution is 2.18. The van der Waals surface area contributed by atoms with Crippen LogP contribution >= 0.6 is 0 Å². The van der Waals surface area contributed by atoms with Gasteiger partial charge in [0.1, 0.15) is 5.56 Å². The van der Waals surface area contributed by atoms with E-state index in [0.29, 0.717) is 0 Å². The summed E-state index contributed by atoms with van der Waals surface area (Å²) in [6.45, 7) is 1.79. The number of nitrogens with zero attached hydrogens (tertiary/aromatic N) is 2. The molecule has 0 aliphatic rings. The summed E-state index contributed by atoms with van der Waals surface area (Å²) in [6.07, 6.45) is 1.55. The van der Waals surface area contributed by atoms with Gasteiger partial charge in [-0.1, -0.05) is 12.1 Å². The Morgan fingerprint density at radius 2 is 2.17 bits per heavy atom. The van der Waals surface area contributed by atoms with Gasteiger partial charge in [0.25, 0.3) is 11.6 Å². The number of hydrogen-bond acceptors (Lipinski definition) is 4. The molecule has 0 aliphatic heterocycles. The minimum Gasteiger partial charge on any atom is -0.328 e.